The molecule has 5 rings (SSSR count). The fraction of sp³-hybridized carbons (Fsp3) is 0.368. The quantitative estimate of drug-likeness (QED) is 0.755. The highest BCUT2D eigenvalue weighted by Crippen LogP contribution is 2.33. The van der Waals surface area contributed by atoms with Gasteiger partial charge in [0.2, 0.25) is 11.0 Å². The van der Waals surface area contributed by atoms with Crippen molar-refractivity contribution in [3.63, 3.8) is 0 Å². The molecule has 6 nitrogen and oxygen atoms in total. The Morgan fingerprint density at radius 2 is 1.88 bits per heavy atom. The summed E-state index contributed by atoms with van der Waals surface area (Å²) in [6.45, 7) is 0. The second-order valence-electron chi connectivity index (χ2n) is 6.87. The van der Waals surface area contributed by atoms with Crippen LogP contribution in [0.25, 0.3) is 22.8 Å². The van der Waals surface area contributed by atoms with E-state index in [2.05, 4.69) is 32.5 Å². The minimum absolute atomic E-state index is 0.612. The molecular formula is C19H20N6S. The summed E-state index contributed by atoms with van der Waals surface area (Å²) in [5.74, 6) is 2.28. The van der Waals surface area contributed by atoms with Gasteiger partial charge in [-0.1, -0.05) is 61.4 Å². The number of hydrogen-bond acceptors (Lipinski definition) is 5. The third-order valence-electron chi connectivity index (χ3n) is 5.15. The van der Waals surface area contributed by atoms with Gasteiger partial charge in [0.1, 0.15) is 5.69 Å². The summed E-state index contributed by atoms with van der Waals surface area (Å²) in [6, 6.07) is 12.1. The molecule has 0 radical (unpaired) electrons. The van der Waals surface area contributed by atoms with Crippen molar-refractivity contribution >= 4 is 17.5 Å². The highest BCUT2D eigenvalue weighted by molar-refractivity contribution is 7.99. The molecule has 0 unspecified atom stereocenters. The van der Waals surface area contributed by atoms with E-state index < -0.39 is 0 Å². The Labute approximate surface area is 156 Å². The Morgan fingerprint density at radius 3 is 2.73 bits per heavy atom. The van der Waals surface area contributed by atoms with Crippen molar-refractivity contribution in [2.75, 3.05) is 5.75 Å². The van der Waals surface area contributed by atoms with Gasteiger partial charge in [0.15, 0.2) is 0 Å². The van der Waals surface area contributed by atoms with Crippen LogP contribution in [-0.2, 0) is 0 Å². The first-order valence-electron chi connectivity index (χ1n) is 9.15. The molecule has 1 aliphatic heterocycles. The molecule has 0 bridgehead atoms. The molecule has 1 aromatic carbocycles. The summed E-state index contributed by atoms with van der Waals surface area (Å²) in [4.78, 5) is 0. The molecule has 1 fully saturated rings. The number of aromatic amines is 1. The Hall–Kier alpha value is -2.41. The Morgan fingerprint density at radius 1 is 1.04 bits per heavy atom. The zero-order chi connectivity index (χ0) is 17.3. The van der Waals surface area contributed by atoms with Gasteiger partial charge >= 0.3 is 0 Å². The van der Waals surface area contributed by atoms with Crippen molar-refractivity contribution in [3.05, 3.63) is 36.4 Å². The second-order valence-corrected chi connectivity index (χ2v) is 7.81. The maximum absolute atomic E-state index is 4.93. The minimum atomic E-state index is 0.612. The van der Waals surface area contributed by atoms with Gasteiger partial charge in [-0.2, -0.15) is 14.9 Å². The number of aromatic nitrogens is 5. The number of benzene rings is 1. The predicted octanol–water partition coefficient (Wildman–Crippen LogP) is 4.23. The van der Waals surface area contributed by atoms with Crippen molar-refractivity contribution in [2.45, 2.75) is 37.3 Å². The lowest BCUT2D eigenvalue weighted by molar-refractivity contribution is 0.436. The van der Waals surface area contributed by atoms with Crippen LogP contribution >= 0.6 is 11.8 Å². The minimum Gasteiger partial charge on any atom is -0.274 e. The van der Waals surface area contributed by atoms with Crippen LogP contribution in [0, 0.1) is 5.92 Å². The summed E-state index contributed by atoms with van der Waals surface area (Å²) < 4.78 is 1.89. The van der Waals surface area contributed by atoms with E-state index >= 15 is 0 Å². The van der Waals surface area contributed by atoms with E-state index in [1.807, 2.05) is 28.9 Å². The first-order chi connectivity index (χ1) is 12.9. The van der Waals surface area contributed by atoms with E-state index in [0.29, 0.717) is 5.92 Å². The van der Waals surface area contributed by atoms with Gasteiger partial charge in [-0.05, 0) is 24.8 Å². The zero-order valence-electron chi connectivity index (χ0n) is 14.4. The summed E-state index contributed by atoms with van der Waals surface area (Å²) in [5, 5.41) is 22.0. The fourth-order valence-electron chi connectivity index (χ4n) is 3.74. The van der Waals surface area contributed by atoms with E-state index in [1.54, 1.807) is 11.8 Å². The molecule has 3 heterocycles. The van der Waals surface area contributed by atoms with Crippen LogP contribution in [0.15, 0.2) is 46.7 Å². The molecule has 2 aromatic heterocycles. The molecule has 0 saturated heterocycles. The third-order valence-corrected chi connectivity index (χ3v) is 6.11. The molecule has 0 spiro atoms. The molecule has 2 aliphatic rings. The van der Waals surface area contributed by atoms with E-state index in [4.69, 9.17) is 5.10 Å². The molecule has 0 atom stereocenters. The Bertz CT molecular complexity index is 936. The lowest BCUT2D eigenvalue weighted by Gasteiger charge is -2.25. The summed E-state index contributed by atoms with van der Waals surface area (Å²) >= 11 is 1.73. The van der Waals surface area contributed by atoms with E-state index in [-0.39, 0.29) is 0 Å². The van der Waals surface area contributed by atoms with Gasteiger partial charge < -0.3 is 0 Å². The molecule has 132 valence electrons. The smallest absolute Gasteiger partial charge is 0.212 e. The largest absolute Gasteiger partial charge is 0.274 e. The number of H-pyrrole nitrogens is 1. The molecular weight excluding hydrogens is 344 g/mol. The molecule has 1 saturated carbocycles. The van der Waals surface area contributed by atoms with Crippen LogP contribution in [0.1, 0.15) is 32.1 Å². The third kappa shape index (κ3) is 2.86. The Balaban J connectivity index is 1.48. The molecule has 1 aliphatic carbocycles. The van der Waals surface area contributed by atoms with E-state index in [1.165, 1.54) is 37.8 Å². The number of thioether (sulfide) groups is 1. The first-order valence-corrected chi connectivity index (χ1v) is 10.1. The lowest BCUT2D eigenvalue weighted by atomic mass is 9.86. The van der Waals surface area contributed by atoms with E-state index in [9.17, 15) is 0 Å². The predicted molar refractivity (Wildman–Crippen MR) is 103 cm³/mol. The summed E-state index contributed by atoms with van der Waals surface area (Å²) in [7, 11) is 0. The SMILES string of the molecule is c1ccc(-c2cc(-c3nnc4n3N=C(C3CCCCC3)CS4)[nH]n2)cc1. The van der Waals surface area contributed by atoms with Crippen molar-refractivity contribution < 1.29 is 0 Å². The van der Waals surface area contributed by atoms with Crippen molar-refractivity contribution in [3.8, 4) is 22.8 Å². The molecule has 1 N–H and O–H groups in total. The van der Waals surface area contributed by atoms with Crippen molar-refractivity contribution in [2.24, 2.45) is 11.0 Å². The summed E-state index contributed by atoms with van der Waals surface area (Å²) in [5.41, 5.74) is 4.11. The van der Waals surface area contributed by atoms with Crippen LogP contribution in [0.2, 0.25) is 0 Å². The number of nitrogens with zero attached hydrogens (tertiary/aromatic N) is 5. The van der Waals surface area contributed by atoms with Gasteiger partial charge in [0.25, 0.3) is 0 Å². The fourth-order valence-corrected chi connectivity index (χ4v) is 4.66. The van der Waals surface area contributed by atoms with E-state index in [0.717, 1.165) is 33.7 Å². The zero-order valence-corrected chi connectivity index (χ0v) is 15.2. The normalized spacial score (nSPS) is 17.8. The topological polar surface area (TPSA) is 71.8 Å². The average molecular weight is 364 g/mol. The molecule has 7 heteroatoms. The van der Waals surface area contributed by atoms with Gasteiger partial charge in [-0.25, -0.2) is 0 Å². The number of nitrogens with one attached hydrogen (secondary N) is 1. The molecule has 3 aromatic rings. The highest BCUT2D eigenvalue weighted by Gasteiger charge is 2.26. The number of fused-ring (bicyclic) bond motifs is 1. The number of rotatable bonds is 3. The molecule has 0 amide bonds. The summed E-state index contributed by atoms with van der Waals surface area (Å²) in [6.07, 6.45) is 6.51. The van der Waals surface area contributed by atoms with Gasteiger partial charge in [0, 0.05) is 11.3 Å². The van der Waals surface area contributed by atoms with Crippen molar-refractivity contribution in [1.82, 2.24) is 25.1 Å². The van der Waals surface area contributed by atoms with Crippen LogP contribution in [0.5, 0.6) is 0 Å². The van der Waals surface area contributed by atoms with Gasteiger partial charge in [0.05, 0.1) is 11.4 Å². The monoisotopic (exact) mass is 364 g/mol. The molecule has 26 heavy (non-hydrogen) atoms. The van der Waals surface area contributed by atoms with Gasteiger partial charge in [-0.15, -0.1) is 10.2 Å². The maximum atomic E-state index is 4.93. The van der Waals surface area contributed by atoms with Crippen LogP contribution < -0.4 is 0 Å². The number of hydrogen-bond donors (Lipinski definition) is 1. The van der Waals surface area contributed by atoms with Crippen LogP contribution in [0.3, 0.4) is 0 Å². The highest BCUT2D eigenvalue weighted by atomic mass is 32.2. The standard InChI is InChI=1S/C19H20N6S/c1-3-7-13(8-4-1)15-11-16(21-20-15)18-22-23-19-25(18)24-17(12-26-19)14-9-5-2-6-10-14/h1,3-4,7-8,11,14H,2,5-6,9-10,12H2,(H,20,21). The first kappa shape index (κ1) is 15.8. The van der Waals surface area contributed by atoms with Crippen LogP contribution in [0.4, 0.5) is 0 Å². The Kier molecular flexibility index (Phi) is 4.09. The van der Waals surface area contributed by atoms with Crippen molar-refractivity contribution in [1.29, 1.82) is 0 Å². The second kappa shape index (κ2) is 6.72. The van der Waals surface area contributed by atoms with Gasteiger partial charge in [-0.3, -0.25) is 5.10 Å². The maximum Gasteiger partial charge on any atom is 0.212 e. The van der Waals surface area contributed by atoms with Crippen LogP contribution in [-0.4, -0.2) is 36.5 Å². The average Bonchev–Trinajstić information content (AvgIpc) is 3.36. The lowest BCUT2D eigenvalue weighted by Crippen LogP contribution is -2.23.